The lowest BCUT2D eigenvalue weighted by Gasteiger charge is -2.60. The Morgan fingerprint density at radius 1 is 0.902 bits per heavy atom. The van der Waals surface area contributed by atoms with Gasteiger partial charge >= 0.3 is 18.3 Å². The molecule has 0 N–H and O–H groups in total. The summed E-state index contributed by atoms with van der Waals surface area (Å²) in [6.45, 7) is 5.28. The zero-order chi connectivity index (χ0) is 30.2. The van der Waals surface area contributed by atoms with E-state index in [9.17, 15) is 35.9 Å². The van der Waals surface area contributed by atoms with E-state index in [0.29, 0.717) is 44.6 Å². The minimum absolute atomic E-state index is 0.00496. The van der Waals surface area contributed by atoms with Gasteiger partial charge in [-0.15, -0.1) is 0 Å². The third kappa shape index (κ3) is 6.38. The third-order valence-corrected chi connectivity index (χ3v) is 8.15. The van der Waals surface area contributed by atoms with Gasteiger partial charge in [0.2, 0.25) is 5.91 Å². The maximum Gasteiger partial charge on any atom is 0.416 e. The molecule has 4 rings (SSSR count). The summed E-state index contributed by atoms with van der Waals surface area (Å²) in [6.07, 6.45) is -10.2. The van der Waals surface area contributed by atoms with Crippen molar-refractivity contribution < 1.29 is 45.4 Å². The van der Waals surface area contributed by atoms with Gasteiger partial charge in [0.1, 0.15) is 6.61 Å². The number of carbonyl (C=O) groups excluding carboxylic acids is 2. The van der Waals surface area contributed by atoms with Crippen LogP contribution in [0.3, 0.4) is 0 Å². The molecule has 12 heteroatoms. The van der Waals surface area contributed by atoms with E-state index in [1.807, 2.05) is 30.3 Å². The van der Waals surface area contributed by atoms with E-state index in [1.165, 1.54) is 20.8 Å². The van der Waals surface area contributed by atoms with Crippen molar-refractivity contribution in [1.29, 1.82) is 0 Å². The van der Waals surface area contributed by atoms with E-state index in [-0.39, 0.29) is 30.8 Å². The first-order valence-corrected chi connectivity index (χ1v) is 13.2. The van der Waals surface area contributed by atoms with Gasteiger partial charge in [-0.3, -0.25) is 14.5 Å². The van der Waals surface area contributed by atoms with Crippen molar-refractivity contribution in [1.82, 2.24) is 9.80 Å². The summed E-state index contributed by atoms with van der Waals surface area (Å²) in [5, 5.41) is 0. The van der Waals surface area contributed by atoms with Crippen molar-refractivity contribution in [3.8, 4) is 0 Å². The number of amides is 1. The molecule has 0 radical (unpaired) electrons. The molecule has 2 aromatic rings. The van der Waals surface area contributed by atoms with Crippen molar-refractivity contribution in [2.45, 2.75) is 63.1 Å². The summed E-state index contributed by atoms with van der Waals surface area (Å²) in [4.78, 5) is 28.0. The number of nitrogens with zero attached hydrogens (tertiary/aromatic N) is 2. The maximum absolute atomic E-state index is 13.5. The lowest BCUT2D eigenvalue weighted by molar-refractivity contribution is -0.175. The van der Waals surface area contributed by atoms with Crippen LogP contribution in [0.4, 0.5) is 26.3 Å². The standard InChI is InChI=1S/C29H32F6N2O4/c1-19(22-13-24(28(30,31)32)15-25(14-22)29(33,34)35)40-18-27(23-7-5-4-6-8-23)10-9-26(17-41-21(3)39)16-36(27)11-12-37(26)20(2)38/h4-8,13-15,19H,9-12,16-18H2,1-3H3/t19-,26-,27-/m1/s1. The Labute approximate surface area is 234 Å². The van der Waals surface area contributed by atoms with Crippen molar-refractivity contribution in [2.75, 3.05) is 32.8 Å². The first-order chi connectivity index (χ1) is 19.1. The monoisotopic (exact) mass is 586 g/mol. The number of alkyl halides is 6. The van der Waals surface area contributed by atoms with Crippen molar-refractivity contribution >= 4 is 11.9 Å². The fourth-order valence-corrected chi connectivity index (χ4v) is 5.97. The second kappa shape index (κ2) is 11.3. The molecule has 0 saturated carbocycles. The highest BCUT2D eigenvalue weighted by molar-refractivity contribution is 5.74. The number of hydrogen-bond donors (Lipinski definition) is 0. The molecule has 41 heavy (non-hydrogen) atoms. The minimum Gasteiger partial charge on any atom is -0.463 e. The molecule has 0 aliphatic carbocycles. The highest BCUT2D eigenvalue weighted by atomic mass is 19.4. The van der Waals surface area contributed by atoms with Crippen LogP contribution in [0, 0.1) is 0 Å². The Morgan fingerprint density at radius 3 is 2.05 bits per heavy atom. The summed E-state index contributed by atoms with van der Waals surface area (Å²) < 4.78 is 92.3. The highest BCUT2D eigenvalue weighted by Crippen LogP contribution is 2.46. The van der Waals surface area contributed by atoms with Gasteiger partial charge in [0, 0.05) is 33.5 Å². The number of benzene rings is 2. The van der Waals surface area contributed by atoms with Crippen LogP contribution in [0.15, 0.2) is 48.5 Å². The number of fused-ring (bicyclic) bond motifs is 2. The fourth-order valence-electron chi connectivity index (χ4n) is 5.97. The predicted octanol–water partition coefficient (Wildman–Crippen LogP) is 5.96. The van der Waals surface area contributed by atoms with Crippen LogP contribution in [-0.2, 0) is 37.0 Å². The smallest absolute Gasteiger partial charge is 0.416 e. The molecule has 4 atom stereocenters. The van der Waals surface area contributed by atoms with Gasteiger partial charge in [0.15, 0.2) is 0 Å². The average Bonchev–Trinajstić information content (AvgIpc) is 2.91. The number of carbonyl (C=O) groups is 2. The molecular weight excluding hydrogens is 554 g/mol. The normalized spacial score (nSPS) is 25.5. The molecular formula is C29H32F6N2O4. The number of rotatable bonds is 7. The van der Waals surface area contributed by atoms with Crippen LogP contribution in [-0.4, -0.2) is 60.1 Å². The molecule has 0 spiro atoms. The van der Waals surface area contributed by atoms with Gasteiger partial charge in [-0.2, -0.15) is 26.3 Å². The summed E-state index contributed by atoms with van der Waals surface area (Å²) in [6, 6.07) is 10.8. The number of piperazine rings is 1. The summed E-state index contributed by atoms with van der Waals surface area (Å²) >= 11 is 0. The third-order valence-electron chi connectivity index (χ3n) is 8.15. The van der Waals surface area contributed by atoms with Gasteiger partial charge in [0.05, 0.1) is 34.9 Å². The fraction of sp³-hybridized carbons (Fsp3) is 0.517. The largest absolute Gasteiger partial charge is 0.463 e. The molecule has 224 valence electrons. The van der Waals surface area contributed by atoms with E-state index < -0.39 is 46.6 Å². The molecule has 2 saturated heterocycles. The maximum atomic E-state index is 13.5. The van der Waals surface area contributed by atoms with Crippen molar-refractivity contribution in [3.05, 3.63) is 70.8 Å². The molecule has 1 unspecified atom stereocenters. The van der Waals surface area contributed by atoms with Gasteiger partial charge in [0.25, 0.3) is 0 Å². The number of hydrogen-bond acceptors (Lipinski definition) is 5. The van der Waals surface area contributed by atoms with Gasteiger partial charge in [-0.25, -0.2) is 0 Å². The van der Waals surface area contributed by atoms with Crippen LogP contribution < -0.4 is 0 Å². The lowest BCUT2D eigenvalue weighted by atomic mass is 9.72. The number of ether oxygens (including phenoxy) is 2. The van der Waals surface area contributed by atoms with Crippen molar-refractivity contribution in [3.63, 3.8) is 0 Å². The number of piperidine rings is 1. The minimum atomic E-state index is -4.97. The van der Waals surface area contributed by atoms with E-state index in [0.717, 1.165) is 5.56 Å². The predicted molar refractivity (Wildman–Crippen MR) is 136 cm³/mol. The van der Waals surface area contributed by atoms with E-state index >= 15 is 0 Å². The molecule has 2 heterocycles. The Morgan fingerprint density at radius 2 is 1.51 bits per heavy atom. The summed E-state index contributed by atoms with van der Waals surface area (Å²) in [5.74, 6) is -0.629. The second-order valence-corrected chi connectivity index (χ2v) is 10.8. The highest BCUT2D eigenvalue weighted by Gasteiger charge is 2.55. The van der Waals surface area contributed by atoms with E-state index in [1.54, 1.807) is 4.90 Å². The summed E-state index contributed by atoms with van der Waals surface area (Å²) in [7, 11) is 0. The van der Waals surface area contributed by atoms with Gasteiger partial charge < -0.3 is 14.4 Å². The van der Waals surface area contributed by atoms with E-state index in [4.69, 9.17) is 9.47 Å². The van der Waals surface area contributed by atoms with Crippen LogP contribution in [0.5, 0.6) is 0 Å². The molecule has 2 aliphatic heterocycles. The quantitative estimate of drug-likeness (QED) is 0.296. The Hall–Kier alpha value is -3.12. The van der Waals surface area contributed by atoms with Gasteiger partial charge in [-0.1, -0.05) is 30.3 Å². The average molecular weight is 587 g/mol. The molecule has 1 amide bonds. The molecule has 0 aromatic heterocycles. The van der Waals surface area contributed by atoms with Crippen LogP contribution in [0.25, 0.3) is 0 Å². The zero-order valence-corrected chi connectivity index (χ0v) is 22.9. The Kier molecular flexibility index (Phi) is 8.48. The first kappa shape index (κ1) is 30.8. The van der Waals surface area contributed by atoms with Gasteiger partial charge in [-0.05, 0) is 49.1 Å². The molecule has 6 nitrogen and oxygen atoms in total. The molecule has 2 bridgehead atoms. The van der Waals surface area contributed by atoms with Crippen LogP contribution in [0.1, 0.15) is 62.0 Å². The SMILES string of the molecule is CC(=O)OC[C@]12CC[C@@](CO[C@H](C)c3cc(C(F)(F)F)cc(C(F)(F)F)c3)(c3ccccc3)N(CCN1C(C)=O)C2. The first-order valence-electron chi connectivity index (χ1n) is 13.2. The number of esters is 1. The number of halogens is 6. The lowest BCUT2D eigenvalue weighted by Crippen LogP contribution is -2.73. The Balaban J connectivity index is 1.67. The zero-order valence-electron chi connectivity index (χ0n) is 22.9. The van der Waals surface area contributed by atoms with Crippen LogP contribution in [0.2, 0.25) is 0 Å². The molecule has 2 fully saturated rings. The van der Waals surface area contributed by atoms with Crippen LogP contribution >= 0.6 is 0 Å². The Bertz CT molecular complexity index is 1240. The molecule has 2 aliphatic rings. The summed E-state index contributed by atoms with van der Waals surface area (Å²) in [5.41, 5.74) is -3.73. The second-order valence-electron chi connectivity index (χ2n) is 10.8. The topological polar surface area (TPSA) is 59.1 Å². The molecule has 2 aromatic carbocycles. The van der Waals surface area contributed by atoms with E-state index in [2.05, 4.69) is 4.90 Å². The van der Waals surface area contributed by atoms with Crippen molar-refractivity contribution in [2.24, 2.45) is 0 Å².